The van der Waals surface area contributed by atoms with Gasteiger partial charge < -0.3 is 15.4 Å². The molecule has 2 aromatic rings. The van der Waals surface area contributed by atoms with E-state index < -0.39 is 0 Å². The van der Waals surface area contributed by atoms with Gasteiger partial charge in [0.05, 0.1) is 5.52 Å². The van der Waals surface area contributed by atoms with Gasteiger partial charge in [0.1, 0.15) is 23.7 Å². The van der Waals surface area contributed by atoms with E-state index in [4.69, 9.17) is 4.74 Å². The van der Waals surface area contributed by atoms with E-state index in [-0.39, 0.29) is 17.3 Å². The number of piperidine rings is 1. The van der Waals surface area contributed by atoms with Crippen LogP contribution in [0.1, 0.15) is 52.8 Å². The Labute approximate surface area is 161 Å². The molecule has 3 rings (SSSR count). The van der Waals surface area contributed by atoms with E-state index in [1.54, 1.807) is 0 Å². The Balaban J connectivity index is 1.86. The Morgan fingerprint density at radius 2 is 2.15 bits per heavy atom. The first-order valence-electron chi connectivity index (χ1n) is 9.71. The van der Waals surface area contributed by atoms with Crippen molar-refractivity contribution in [2.75, 3.05) is 18.4 Å². The largest absolute Gasteiger partial charge is 0.489 e. The fourth-order valence-electron chi connectivity index (χ4n) is 3.29. The van der Waals surface area contributed by atoms with Gasteiger partial charge in [0.15, 0.2) is 0 Å². The van der Waals surface area contributed by atoms with Gasteiger partial charge in [0.2, 0.25) is 5.82 Å². The third kappa shape index (κ3) is 5.08. The number of ether oxygens (including phenoxy) is 1. The van der Waals surface area contributed by atoms with Crippen molar-refractivity contribution in [1.82, 2.24) is 15.3 Å². The Kier molecular flexibility index (Phi) is 5.81. The van der Waals surface area contributed by atoms with E-state index in [2.05, 4.69) is 48.3 Å². The monoisotopic (exact) mass is 367 g/mol. The van der Waals surface area contributed by atoms with E-state index in [1.165, 1.54) is 12.8 Å². The van der Waals surface area contributed by atoms with Gasteiger partial charge in [0, 0.05) is 18.0 Å². The summed E-state index contributed by atoms with van der Waals surface area (Å²) < 4.78 is 6.21. The van der Waals surface area contributed by atoms with Crippen molar-refractivity contribution in [2.24, 2.45) is 5.41 Å². The predicted octanol–water partition coefficient (Wildman–Crippen LogP) is 3.87. The van der Waals surface area contributed by atoms with Gasteiger partial charge in [-0.25, -0.2) is 9.97 Å². The first-order valence-corrected chi connectivity index (χ1v) is 9.71. The highest BCUT2D eigenvalue weighted by Crippen LogP contribution is 2.27. The Bertz CT molecular complexity index is 831. The molecule has 0 amide bonds. The lowest BCUT2D eigenvalue weighted by molar-refractivity contribution is 0.153. The van der Waals surface area contributed by atoms with Crippen LogP contribution in [0.15, 0.2) is 18.2 Å². The molecule has 0 radical (unpaired) electrons. The summed E-state index contributed by atoms with van der Waals surface area (Å²) in [4.78, 5) is 8.71. The second kappa shape index (κ2) is 8.10. The molecule has 2 N–H and O–H groups in total. The third-order valence-electron chi connectivity index (χ3n) is 4.79. The summed E-state index contributed by atoms with van der Waals surface area (Å²) in [7, 11) is 0. The lowest BCUT2D eigenvalue weighted by Crippen LogP contribution is -2.44. The molecule has 2 atom stereocenters. The van der Waals surface area contributed by atoms with Gasteiger partial charge in [-0.1, -0.05) is 27.2 Å². The van der Waals surface area contributed by atoms with Gasteiger partial charge in [-0.3, -0.25) is 0 Å². The Hall–Kier alpha value is -2.39. The molecule has 2 heterocycles. The lowest BCUT2D eigenvalue weighted by Gasteiger charge is -2.29. The Morgan fingerprint density at radius 3 is 2.81 bits per heavy atom. The molecule has 6 heteroatoms. The zero-order valence-corrected chi connectivity index (χ0v) is 16.7. The molecule has 1 saturated heterocycles. The molecule has 1 aliphatic rings. The van der Waals surface area contributed by atoms with Crippen LogP contribution in [0.25, 0.3) is 10.9 Å². The van der Waals surface area contributed by atoms with E-state index in [1.807, 2.05) is 24.3 Å². The van der Waals surface area contributed by atoms with Gasteiger partial charge in [-0.2, -0.15) is 5.26 Å². The number of benzene rings is 1. The fourth-order valence-corrected chi connectivity index (χ4v) is 3.29. The number of hydrogen-bond acceptors (Lipinski definition) is 6. The summed E-state index contributed by atoms with van der Waals surface area (Å²) in [5, 5.41) is 17.0. The molecular weight excluding hydrogens is 338 g/mol. The minimum atomic E-state index is 0.0908. The quantitative estimate of drug-likeness (QED) is 0.835. The lowest BCUT2D eigenvalue weighted by atomic mass is 9.97. The number of fused-ring (bicyclic) bond motifs is 1. The third-order valence-corrected chi connectivity index (χ3v) is 4.79. The fraction of sp³-hybridized carbons (Fsp3) is 0.571. The van der Waals surface area contributed by atoms with Crippen LogP contribution in [0.4, 0.5) is 5.82 Å². The number of nitrogens with zero attached hydrogens (tertiary/aromatic N) is 3. The first-order chi connectivity index (χ1) is 12.9. The number of nitrogens with one attached hydrogen (secondary N) is 2. The van der Waals surface area contributed by atoms with E-state index in [0.29, 0.717) is 11.9 Å². The van der Waals surface area contributed by atoms with Crippen LogP contribution in [-0.4, -0.2) is 35.2 Å². The molecule has 0 bridgehead atoms. The van der Waals surface area contributed by atoms with Crippen molar-refractivity contribution in [2.45, 2.75) is 59.1 Å². The predicted molar refractivity (Wildman–Crippen MR) is 108 cm³/mol. The van der Waals surface area contributed by atoms with E-state index in [9.17, 15) is 5.26 Å². The SMILES string of the molecule is CC(Oc1ccc2nc(C#N)nc(NCC(C)(C)C)c2c1)C1CCCCN1. The molecule has 1 aromatic carbocycles. The van der Waals surface area contributed by atoms with Gasteiger partial charge in [-0.15, -0.1) is 0 Å². The number of rotatable bonds is 5. The average Bonchev–Trinajstić information content (AvgIpc) is 2.66. The molecule has 1 aromatic heterocycles. The molecule has 144 valence electrons. The van der Waals surface area contributed by atoms with Crippen molar-refractivity contribution in [3.8, 4) is 11.8 Å². The van der Waals surface area contributed by atoms with Gasteiger partial charge in [0.25, 0.3) is 0 Å². The summed E-state index contributed by atoms with van der Waals surface area (Å²) in [6.07, 6.45) is 3.71. The van der Waals surface area contributed by atoms with Crippen LogP contribution < -0.4 is 15.4 Å². The van der Waals surface area contributed by atoms with E-state index in [0.717, 1.165) is 36.2 Å². The van der Waals surface area contributed by atoms with Crippen molar-refractivity contribution >= 4 is 16.7 Å². The van der Waals surface area contributed by atoms with Gasteiger partial charge in [-0.05, 0) is 49.9 Å². The molecule has 0 spiro atoms. The average molecular weight is 367 g/mol. The summed E-state index contributed by atoms with van der Waals surface area (Å²) >= 11 is 0. The maximum atomic E-state index is 9.23. The minimum Gasteiger partial charge on any atom is -0.489 e. The normalized spacial score (nSPS) is 18.7. The molecule has 0 saturated carbocycles. The maximum absolute atomic E-state index is 9.23. The van der Waals surface area contributed by atoms with Crippen LogP contribution in [0.2, 0.25) is 0 Å². The smallest absolute Gasteiger partial charge is 0.234 e. The van der Waals surface area contributed by atoms with Crippen molar-refractivity contribution in [3.05, 3.63) is 24.0 Å². The zero-order valence-electron chi connectivity index (χ0n) is 16.7. The highest BCUT2D eigenvalue weighted by atomic mass is 16.5. The number of nitriles is 1. The molecular formula is C21H29N5O. The van der Waals surface area contributed by atoms with Crippen molar-refractivity contribution in [3.63, 3.8) is 0 Å². The number of aromatic nitrogens is 2. The van der Waals surface area contributed by atoms with Crippen LogP contribution in [0.3, 0.4) is 0 Å². The number of hydrogen-bond donors (Lipinski definition) is 2. The van der Waals surface area contributed by atoms with Crippen LogP contribution in [-0.2, 0) is 0 Å². The molecule has 27 heavy (non-hydrogen) atoms. The molecule has 6 nitrogen and oxygen atoms in total. The van der Waals surface area contributed by atoms with E-state index >= 15 is 0 Å². The standard InChI is InChI=1S/C21H29N5O/c1-14(17-7-5-6-10-23-17)27-15-8-9-18-16(11-15)20(24-13-21(2,3)4)26-19(12-22)25-18/h8-9,11,14,17,23H,5-7,10,13H2,1-4H3,(H,24,25,26). The maximum Gasteiger partial charge on any atom is 0.234 e. The molecule has 1 aliphatic heterocycles. The molecule has 1 fully saturated rings. The van der Waals surface area contributed by atoms with Crippen LogP contribution >= 0.6 is 0 Å². The summed E-state index contributed by atoms with van der Waals surface area (Å²) in [6, 6.07) is 8.22. The van der Waals surface area contributed by atoms with Crippen LogP contribution in [0.5, 0.6) is 5.75 Å². The first kappa shape index (κ1) is 19.4. The zero-order chi connectivity index (χ0) is 19.4. The highest BCUT2D eigenvalue weighted by molar-refractivity contribution is 5.90. The van der Waals surface area contributed by atoms with Crippen molar-refractivity contribution in [1.29, 1.82) is 5.26 Å². The summed E-state index contributed by atoms with van der Waals surface area (Å²) in [6.45, 7) is 10.4. The molecule has 2 unspecified atom stereocenters. The molecule has 0 aliphatic carbocycles. The summed E-state index contributed by atoms with van der Waals surface area (Å²) in [5.41, 5.74) is 0.841. The second-order valence-corrected chi connectivity index (χ2v) is 8.48. The topological polar surface area (TPSA) is 82.9 Å². The highest BCUT2D eigenvalue weighted by Gasteiger charge is 2.21. The minimum absolute atomic E-state index is 0.0908. The second-order valence-electron chi connectivity index (χ2n) is 8.48. The number of anilines is 1. The van der Waals surface area contributed by atoms with Crippen LogP contribution in [0, 0.1) is 16.7 Å². The summed E-state index contributed by atoms with van der Waals surface area (Å²) in [5.74, 6) is 1.65. The van der Waals surface area contributed by atoms with Crippen molar-refractivity contribution < 1.29 is 4.74 Å². The van der Waals surface area contributed by atoms with Gasteiger partial charge >= 0.3 is 0 Å². The Morgan fingerprint density at radius 1 is 1.33 bits per heavy atom.